The van der Waals surface area contributed by atoms with Crippen LogP contribution in [0.2, 0.25) is 0 Å². The summed E-state index contributed by atoms with van der Waals surface area (Å²) in [4.78, 5) is 53.3. The van der Waals surface area contributed by atoms with Crippen LogP contribution in [0.3, 0.4) is 0 Å². The summed E-state index contributed by atoms with van der Waals surface area (Å²) in [7, 11) is 0. The summed E-state index contributed by atoms with van der Waals surface area (Å²) in [5.41, 5.74) is 0.702. The number of aryl methyl sites for hydroxylation is 1. The smallest absolute Gasteiger partial charge is 0.325 e. The van der Waals surface area contributed by atoms with Gasteiger partial charge in [0.15, 0.2) is 0 Å². The molecule has 9 heteroatoms. The van der Waals surface area contributed by atoms with Gasteiger partial charge in [0.2, 0.25) is 11.8 Å². The number of carbonyl (C=O) groups excluding carboxylic acids is 2. The molecule has 0 aliphatic carbocycles. The number of carboxylic acid groups (broad SMARTS) is 1. The number of rotatable bonds is 7. The number of aliphatic carboxylic acids is 1. The average molecular weight is 550 g/mol. The van der Waals surface area contributed by atoms with E-state index in [0.717, 1.165) is 33.2 Å². The van der Waals surface area contributed by atoms with Gasteiger partial charge in [-0.15, -0.1) is 0 Å². The van der Waals surface area contributed by atoms with Crippen molar-refractivity contribution in [3.05, 3.63) is 118 Å². The summed E-state index contributed by atoms with van der Waals surface area (Å²) in [6, 6.07) is 25.3. The predicted octanol–water partition coefficient (Wildman–Crippen LogP) is 4.83. The molecule has 2 saturated heterocycles. The number of carbonyl (C=O) groups is 3. The Hall–Kier alpha value is -4.89. The number of nitrogens with one attached hydrogen (secondary N) is 1. The van der Waals surface area contributed by atoms with Crippen molar-refractivity contribution in [2.24, 2.45) is 11.8 Å². The lowest BCUT2D eigenvalue weighted by molar-refractivity contribution is -0.384. The molecular formula is C32H27N3O6. The second-order valence-electron chi connectivity index (χ2n) is 10.6. The highest BCUT2D eigenvalue weighted by atomic mass is 16.6. The number of benzene rings is 4. The van der Waals surface area contributed by atoms with Crippen LogP contribution in [-0.4, -0.2) is 33.4 Å². The van der Waals surface area contributed by atoms with Crippen molar-refractivity contribution < 1.29 is 24.4 Å². The van der Waals surface area contributed by atoms with E-state index in [0.29, 0.717) is 11.3 Å². The lowest BCUT2D eigenvalue weighted by Gasteiger charge is -2.31. The third-order valence-corrected chi connectivity index (χ3v) is 8.43. The molecule has 0 spiro atoms. The predicted molar refractivity (Wildman–Crippen MR) is 152 cm³/mol. The van der Waals surface area contributed by atoms with Crippen LogP contribution in [0.4, 0.5) is 11.4 Å². The largest absolute Gasteiger partial charge is 0.480 e. The van der Waals surface area contributed by atoms with Crippen LogP contribution in [-0.2, 0) is 27.2 Å². The van der Waals surface area contributed by atoms with Gasteiger partial charge in [-0.05, 0) is 46.0 Å². The first-order valence-corrected chi connectivity index (χ1v) is 13.4. The van der Waals surface area contributed by atoms with Crippen LogP contribution in [0, 0.1) is 22.0 Å². The summed E-state index contributed by atoms with van der Waals surface area (Å²) >= 11 is 0. The highest BCUT2D eigenvalue weighted by Gasteiger charge is 2.68. The Morgan fingerprint density at radius 3 is 2.24 bits per heavy atom. The molecule has 0 bridgehead atoms. The zero-order valence-corrected chi connectivity index (χ0v) is 22.2. The maximum absolute atomic E-state index is 14.2. The second-order valence-corrected chi connectivity index (χ2v) is 10.6. The third-order valence-electron chi connectivity index (χ3n) is 8.43. The normalized spacial score (nSPS) is 23.6. The summed E-state index contributed by atoms with van der Waals surface area (Å²) in [6.07, 6.45) is 0.641. The topological polar surface area (TPSA) is 130 Å². The molecule has 2 heterocycles. The highest BCUT2D eigenvalue weighted by Crippen LogP contribution is 2.51. The first kappa shape index (κ1) is 26.3. The molecule has 0 saturated carbocycles. The first-order valence-electron chi connectivity index (χ1n) is 13.4. The molecule has 6 rings (SSSR count). The molecule has 41 heavy (non-hydrogen) atoms. The van der Waals surface area contributed by atoms with E-state index in [1.807, 2.05) is 61.5 Å². The van der Waals surface area contributed by atoms with Gasteiger partial charge in [-0.1, -0.05) is 73.7 Å². The van der Waals surface area contributed by atoms with Crippen molar-refractivity contribution in [2.45, 2.75) is 31.3 Å². The van der Waals surface area contributed by atoms with Crippen LogP contribution in [0.15, 0.2) is 91.0 Å². The maximum atomic E-state index is 14.2. The van der Waals surface area contributed by atoms with Gasteiger partial charge in [0.05, 0.1) is 22.4 Å². The van der Waals surface area contributed by atoms with Crippen molar-refractivity contribution in [3.8, 4) is 0 Å². The van der Waals surface area contributed by atoms with Gasteiger partial charge in [0.1, 0.15) is 5.54 Å². The fraction of sp³-hybridized carbons (Fsp3) is 0.219. The summed E-state index contributed by atoms with van der Waals surface area (Å²) in [5.74, 6) is -4.49. The molecule has 4 atom stereocenters. The zero-order chi connectivity index (χ0) is 28.9. The van der Waals surface area contributed by atoms with E-state index in [2.05, 4.69) is 5.32 Å². The van der Waals surface area contributed by atoms with Crippen molar-refractivity contribution in [2.75, 3.05) is 4.90 Å². The maximum Gasteiger partial charge on any atom is 0.325 e. The number of non-ortho nitro benzene ring substituents is 1. The van der Waals surface area contributed by atoms with Gasteiger partial charge in [-0.2, -0.15) is 0 Å². The molecule has 4 unspecified atom stereocenters. The Bertz CT molecular complexity index is 1700. The van der Waals surface area contributed by atoms with E-state index in [4.69, 9.17) is 0 Å². The number of fused-ring (bicyclic) bond motifs is 2. The minimum absolute atomic E-state index is 0.127. The van der Waals surface area contributed by atoms with E-state index in [9.17, 15) is 29.6 Å². The molecular weight excluding hydrogens is 522 g/mol. The molecule has 206 valence electrons. The summed E-state index contributed by atoms with van der Waals surface area (Å²) < 4.78 is 0. The molecule has 2 aliphatic heterocycles. The van der Waals surface area contributed by atoms with Crippen LogP contribution in [0.25, 0.3) is 10.8 Å². The summed E-state index contributed by atoms with van der Waals surface area (Å²) in [5, 5.41) is 27.0. The molecule has 9 nitrogen and oxygen atoms in total. The van der Waals surface area contributed by atoms with Crippen LogP contribution >= 0.6 is 0 Å². The number of hydrogen-bond donors (Lipinski definition) is 2. The van der Waals surface area contributed by atoms with Crippen molar-refractivity contribution in [1.29, 1.82) is 0 Å². The van der Waals surface area contributed by atoms with Gasteiger partial charge in [0, 0.05) is 24.6 Å². The van der Waals surface area contributed by atoms with Gasteiger partial charge < -0.3 is 5.11 Å². The highest BCUT2D eigenvalue weighted by molar-refractivity contribution is 6.24. The Morgan fingerprint density at radius 2 is 1.59 bits per heavy atom. The lowest BCUT2D eigenvalue weighted by Crippen LogP contribution is -2.57. The lowest BCUT2D eigenvalue weighted by atomic mass is 9.76. The van der Waals surface area contributed by atoms with Crippen LogP contribution < -0.4 is 10.2 Å². The number of amides is 2. The third kappa shape index (κ3) is 4.17. The SMILES string of the molecule is CCc1ccc(N2C(=O)C3C(c4cccc5ccccc45)NC(Cc4ccc([N+](=O)[O-])cc4)(C(=O)O)C3C2=O)cc1. The number of hydrogen-bond acceptors (Lipinski definition) is 6. The molecule has 0 aromatic heterocycles. The van der Waals surface area contributed by atoms with Crippen molar-refractivity contribution in [1.82, 2.24) is 5.32 Å². The quantitative estimate of drug-likeness (QED) is 0.192. The Morgan fingerprint density at radius 1 is 0.927 bits per heavy atom. The number of carboxylic acids is 1. The van der Waals surface area contributed by atoms with Crippen LogP contribution in [0.1, 0.15) is 29.7 Å². The number of nitro benzene ring substituents is 1. The molecule has 4 aromatic rings. The van der Waals surface area contributed by atoms with Gasteiger partial charge >= 0.3 is 5.97 Å². The minimum atomic E-state index is -1.84. The number of nitrogens with zero attached hydrogens (tertiary/aromatic N) is 2. The minimum Gasteiger partial charge on any atom is -0.480 e. The standard InChI is InChI=1S/C32H27N3O6/c1-2-19-10-14-22(15-11-19)34-29(36)26-27(30(34)37)32(31(38)39,18-20-12-16-23(17-13-20)35(40)41)33-28(26)25-9-5-7-21-6-3-4-8-24(21)25/h3-17,26-28,33H,2,18H2,1H3,(H,38,39). The molecule has 2 fully saturated rings. The Labute approximate surface area is 235 Å². The van der Waals surface area contributed by atoms with E-state index < -0.39 is 46.1 Å². The number of anilines is 1. The Balaban J connectivity index is 1.51. The average Bonchev–Trinajstić information content (AvgIpc) is 3.46. The molecule has 0 radical (unpaired) electrons. The molecule has 2 amide bonds. The van der Waals surface area contributed by atoms with E-state index in [1.54, 1.807) is 12.1 Å². The van der Waals surface area contributed by atoms with Crippen LogP contribution in [0.5, 0.6) is 0 Å². The van der Waals surface area contributed by atoms with E-state index in [1.165, 1.54) is 24.3 Å². The van der Waals surface area contributed by atoms with E-state index >= 15 is 0 Å². The molecule has 4 aromatic carbocycles. The first-order chi connectivity index (χ1) is 19.7. The van der Waals surface area contributed by atoms with Gasteiger partial charge in [0.25, 0.3) is 5.69 Å². The van der Waals surface area contributed by atoms with Gasteiger partial charge in [-0.25, -0.2) is 4.90 Å². The fourth-order valence-electron chi connectivity index (χ4n) is 6.42. The summed E-state index contributed by atoms with van der Waals surface area (Å²) in [6.45, 7) is 2.01. The number of imide groups is 1. The fourth-order valence-corrected chi connectivity index (χ4v) is 6.42. The molecule has 2 aliphatic rings. The zero-order valence-electron chi connectivity index (χ0n) is 22.2. The monoisotopic (exact) mass is 549 g/mol. The van der Waals surface area contributed by atoms with E-state index in [-0.39, 0.29) is 12.1 Å². The van der Waals surface area contributed by atoms with Crippen molar-refractivity contribution >= 4 is 39.9 Å². The van der Waals surface area contributed by atoms with Crippen molar-refractivity contribution in [3.63, 3.8) is 0 Å². The Kier molecular flexibility index (Phi) is 6.38. The number of nitro groups is 1. The van der Waals surface area contributed by atoms with Gasteiger partial charge in [-0.3, -0.25) is 29.8 Å². The molecule has 2 N–H and O–H groups in total. The second kappa shape index (κ2) is 9.94.